The summed E-state index contributed by atoms with van der Waals surface area (Å²) in [6.07, 6.45) is 0. The second-order valence-corrected chi connectivity index (χ2v) is 3.86. The van der Waals surface area contributed by atoms with Crippen molar-refractivity contribution in [1.82, 2.24) is 0 Å². The molecular weight excluding hydrogens is 198 g/mol. The van der Waals surface area contributed by atoms with Crippen LogP contribution < -0.4 is 15.2 Å². The first-order valence-corrected chi connectivity index (χ1v) is 4.98. The number of fused-ring (bicyclic) bond motifs is 1. The summed E-state index contributed by atoms with van der Waals surface area (Å²) in [7, 11) is 3.25. The molecule has 0 bridgehead atoms. The summed E-state index contributed by atoms with van der Waals surface area (Å²) >= 11 is 1.54. The minimum Gasteiger partial charge on any atom is -0.491 e. The van der Waals surface area contributed by atoms with Gasteiger partial charge in [0, 0.05) is 10.4 Å². The molecule has 1 heterocycles. The van der Waals surface area contributed by atoms with Crippen LogP contribution in [0.15, 0.2) is 18.2 Å². The third-order valence-corrected chi connectivity index (χ3v) is 3.16. The number of nitrogen functional groups attached to an aromatic ring is 1. The van der Waals surface area contributed by atoms with Crippen LogP contribution in [0.2, 0.25) is 0 Å². The van der Waals surface area contributed by atoms with Crippen molar-refractivity contribution in [3.8, 4) is 10.8 Å². The highest BCUT2D eigenvalue weighted by Gasteiger charge is 2.14. The van der Waals surface area contributed by atoms with Gasteiger partial charge in [-0.2, -0.15) is 0 Å². The van der Waals surface area contributed by atoms with E-state index in [0.717, 1.165) is 26.6 Å². The van der Waals surface area contributed by atoms with Crippen molar-refractivity contribution in [3.05, 3.63) is 18.2 Å². The van der Waals surface area contributed by atoms with Gasteiger partial charge in [0.1, 0.15) is 0 Å². The molecule has 0 aliphatic carbocycles. The molecule has 74 valence electrons. The van der Waals surface area contributed by atoms with Crippen LogP contribution in [-0.2, 0) is 0 Å². The molecule has 3 nitrogen and oxygen atoms in total. The van der Waals surface area contributed by atoms with Crippen molar-refractivity contribution in [2.24, 2.45) is 0 Å². The number of hydrogen-bond acceptors (Lipinski definition) is 4. The largest absolute Gasteiger partial charge is 0.491 e. The van der Waals surface area contributed by atoms with Crippen molar-refractivity contribution in [2.45, 2.75) is 0 Å². The van der Waals surface area contributed by atoms with E-state index in [0.29, 0.717) is 0 Å². The smallest absolute Gasteiger partial charge is 0.218 e. The van der Waals surface area contributed by atoms with Gasteiger partial charge in [-0.1, -0.05) is 17.4 Å². The zero-order valence-corrected chi connectivity index (χ0v) is 8.85. The van der Waals surface area contributed by atoms with E-state index in [1.165, 1.54) is 11.3 Å². The Morgan fingerprint density at radius 2 is 2.00 bits per heavy atom. The summed E-state index contributed by atoms with van der Waals surface area (Å²) in [4.78, 5) is 0. The van der Waals surface area contributed by atoms with E-state index in [2.05, 4.69) is 0 Å². The summed E-state index contributed by atoms with van der Waals surface area (Å²) in [5.41, 5.74) is 6.59. The van der Waals surface area contributed by atoms with Crippen LogP contribution in [0, 0.1) is 0 Å². The third kappa shape index (κ3) is 1.19. The van der Waals surface area contributed by atoms with E-state index in [9.17, 15) is 0 Å². The van der Waals surface area contributed by atoms with Crippen molar-refractivity contribution in [3.63, 3.8) is 0 Å². The lowest BCUT2D eigenvalue weighted by atomic mass is 10.2. The number of hydrogen-bond donors (Lipinski definition) is 1. The van der Waals surface area contributed by atoms with Crippen LogP contribution >= 0.6 is 11.3 Å². The van der Waals surface area contributed by atoms with Crippen LogP contribution in [0.5, 0.6) is 10.8 Å². The molecule has 2 aromatic rings. The molecule has 0 aliphatic rings. The van der Waals surface area contributed by atoms with Gasteiger partial charge in [-0.05, 0) is 12.1 Å². The van der Waals surface area contributed by atoms with E-state index in [1.807, 2.05) is 18.2 Å². The lowest BCUT2D eigenvalue weighted by Crippen LogP contribution is -1.89. The van der Waals surface area contributed by atoms with Gasteiger partial charge in [0.25, 0.3) is 0 Å². The Balaban J connectivity index is 2.81. The normalized spacial score (nSPS) is 10.4. The molecule has 4 heteroatoms. The molecule has 0 aliphatic heterocycles. The quantitative estimate of drug-likeness (QED) is 0.773. The average Bonchev–Trinajstić information content (AvgIpc) is 2.56. The lowest BCUT2D eigenvalue weighted by Gasteiger charge is -2.02. The van der Waals surface area contributed by atoms with Gasteiger partial charge in [-0.3, -0.25) is 0 Å². The van der Waals surface area contributed by atoms with E-state index in [1.54, 1.807) is 14.2 Å². The highest BCUT2D eigenvalue weighted by molar-refractivity contribution is 7.21. The van der Waals surface area contributed by atoms with Gasteiger partial charge in [0.05, 0.1) is 19.6 Å². The first-order chi connectivity index (χ1) is 6.77. The highest BCUT2D eigenvalue weighted by Crippen LogP contribution is 2.45. The Kier molecular flexibility index (Phi) is 2.21. The molecule has 0 unspecified atom stereocenters. The van der Waals surface area contributed by atoms with E-state index >= 15 is 0 Å². The standard InChI is InChI=1S/C10H11NO2S/c1-12-9-8-6(11)4-3-5-7(8)14-10(9)13-2/h3-5H,11H2,1-2H3. The van der Waals surface area contributed by atoms with Gasteiger partial charge in [-0.25, -0.2) is 0 Å². The first kappa shape index (κ1) is 9.15. The summed E-state index contributed by atoms with van der Waals surface area (Å²) in [5.74, 6) is 0.727. The predicted molar refractivity (Wildman–Crippen MR) is 59.3 cm³/mol. The molecule has 2 N–H and O–H groups in total. The molecule has 0 spiro atoms. The topological polar surface area (TPSA) is 44.5 Å². The molecule has 0 amide bonds. The van der Waals surface area contributed by atoms with Crippen molar-refractivity contribution >= 4 is 27.1 Å². The summed E-state index contributed by atoms with van der Waals surface area (Å²) < 4.78 is 11.6. The van der Waals surface area contributed by atoms with Gasteiger partial charge < -0.3 is 15.2 Å². The van der Waals surface area contributed by atoms with Gasteiger partial charge >= 0.3 is 0 Å². The monoisotopic (exact) mass is 209 g/mol. The number of methoxy groups -OCH3 is 2. The van der Waals surface area contributed by atoms with E-state index < -0.39 is 0 Å². The Bertz CT molecular complexity index is 464. The second kappa shape index (κ2) is 3.38. The van der Waals surface area contributed by atoms with Crippen LogP contribution in [0.25, 0.3) is 10.1 Å². The maximum absolute atomic E-state index is 5.87. The number of anilines is 1. The fraction of sp³-hybridized carbons (Fsp3) is 0.200. The number of thiophene rings is 1. The molecule has 1 aromatic carbocycles. The molecule has 14 heavy (non-hydrogen) atoms. The minimum absolute atomic E-state index is 0.721. The Hall–Kier alpha value is -1.42. The summed E-state index contributed by atoms with van der Waals surface area (Å²) in [6.45, 7) is 0. The average molecular weight is 209 g/mol. The highest BCUT2D eigenvalue weighted by atomic mass is 32.1. The SMILES string of the molecule is COc1sc2cccc(N)c2c1OC. The van der Waals surface area contributed by atoms with Crippen LogP contribution in [0.1, 0.15) is 0 Å². The van der Waals surface area contributed by atoms with Crippen LogP contribution in [0.4, 0.5) is 5.69 Å². The van der Waals surface area contributed by atoms with Crippen LogP contribution in [-0.4, -0.2) is 14.2 Å². The van der Waals surface area contributed by atoms with Crippen molar-refractivity contribution < 1.29 is 9.47 Å². The summed E-state index contributed by atoms with van der Waals surface area (Å²) in [6, 6.07) is 5.78. The van der Waals surface area contributed by atoms with E-state index in [4.69, 9.17) is 15.2 Å². The lowest BCUT2D eigenvalue weighted by molar-refractivity contribution is 0.367. The fourth-order valence-corrected chi connectivity index (χ4v) is 2.46. The molecule has 0 saturated heterocycles. The number of nitrogens with two attached hydrogens (primary N) is 1. The van der Waals surface area contributed by atoms with Crippen molar-refractivity contribution in [1.29, 1.82) is 0 Å². The van der Waals surface area contributed by atoms with Gasteiger partial charge in [-0.15, -0.1) is 0 Å². The fourth-order valence-electron chi connectivity index (χ4n) is 1.44. The zero-order valence-electron chi connectivity index (χ0n) is 8.03. The molecule has 0 atom stereocenters. The van der Waals surface area contributed by atoms with Gasteiger partial charge in [0.2, 0.25) is 5.06 Å². The zero-order chi connectivity index (χ0) is 10.1. The Labute approximate surface area is 86.1 Å². The van der Waals surface area contributed by atoms with Gasteiger partial charge in [0.15, 0.2) is 5.75 Å². The number of rotatable bonds is 2. The number of benzene rings is 1. The molecule has 2 rings (SSSR count). The third-order valence-electron chi connectivity index (χ3n) is 2.06. The molecule has 0 fully saturated rings. The Morgan fingerprint density at radius 1 is 1.21 bits per heavy atom. The Morgan fingerprint density at radius 3 is 2.64 bits per heavy atom. The molecule has 0 radical (unpaired) electrons. The van der Waals surface area contributed by atoms with E-state index in [-0.39, 0.29) is 0 Å². The molecule has 0 saturated carbocycles. The predicted octanol–water partition coefficient (Wildman–Crippen LogP) is 2.50. The first-order valence-electron chi connectivity index (χ1n) is 4.17. The maximum Gasteiger partial charge on any atom is 0.218 e. The number of ether oxygens (including phenoxy) is 2. The summed E-state index contributed by atoms with van der Waals surface area (Å²) in [5, 5.41) is 1.71. The van der Waals surface area contributed by atoms with Crippen LogP contribution in [0.3, 0.4) is 0 Å². The molecular formula is C10H11NO2S. The molecule has 1 aromatic heterocycles. The minimum atomic E-state index is 0.721. The maximum atomic E-state index is 5.87. The van der Waals surface area contributed by atoms with Crippen molar-refractivity contribution in [2.75, 3.05) is 20.0 Å². The second-order valence-electron chi connectivity index (χ2n) is 2.85.